The van der Waals surface area contributed by atoms with Crippen molar-refractivity contribution in [2.24, 2.45) is 0 Å². The number of furan rings is 1. The predicted octanol–water partition coefficient (Wildman–Crippen LogP) is 2.76. The molecule has 0 aliphatic heterocycles. The lowest BCUT2D eigenvalue weighted by molar-refractivity contribution is -0.121. The van der Waals surface area contributed by atoms with Crippen LogP contribution in [0.4, 0.5) is 5.69 Å². The lowest BCUT2D eigenvalue weighted by atomic mass is 10.1. The van der Waals surface area contributed by atoms with E-state index in [0.717, 1.165) is 11.1 Å². The number of nitrogens with zero attached hydrogens (tertiary/aromatic N) is 1. The quantitative estimate of drug-likeness (QED) is 0.781. The van der Waals surface area contributed by atoms with Crippen LogP contribution in [0.3, 0.4) is 0 Å². The number of sulfonamides is 1. The van der Waals surface area contributed by atoms with Gasteiger partial charge >= 0.3 is 0 Å². The first-order chi connectivity index (χ1) is 11.8. The smallest absolute Gasteiger partial charge is 0.232 e. The maximum Gasteiger partial charge on any atom is 0.232 e. The molecule has 0 bridgehead atoms. The van der Waals surface area contributed by atoms with E-state index in [1.807, 2.05) is 26.0 Å². The van der Waals surface area contributed by atoms with E-state index >= 15 is 0 Å². The Balaban J connectivity index is 1.95. The number of rotatable bonds is 8. The topological polar surface area (TPSA) is 79.6 Å². The van der Waals surface area contributed by atoms with Gasteiger partial charge in [0.1, 0.15) is 5.76 Å². The minimum atomic E-state index is -3.42. The maximum absolute atomic E-state index is 12.2. The molecule has 0 radical (unpaired) electrons. The third-order valence-corrected chi connectivity index (χ3v) is 5.23. The fourth-order valence-corrected chi connectivity index (χ4v) is 3.56. The molecule has 0 aliphatic carbocycles. The Morgan fingerprint density at radius 1 is 1.20 bits per heavy atom. The summed E-state index contributed by atoms with van der Waals surface area (Å²) >= 11 is 0. The third-order valence-electron chi connectivity index (χ3n) is 4.05. The zero-order chi connectivity index (χ0) is 18.4. The molecule has 7 heteroatoms. The number of hydrogen-bond acceptors (Lipinski definition) is 4. The normalized spacial score (nSPS) is 11.3. The van der Waals surface area contributed by atoms with Gasteiger partial charge in [0.05, 0.1) is 24.8 Å². The van der Waals surface area contributed by atoms with Crippen LogP contribution in [0.1, 0.15) is 29.7 Å². The van der Waals surface area contributed by atoms with Gasteiger partial charge in [-0.3, -0.25) is 9.10 Å². The van der Waals surface area contributed by atoms with E-state index in [1.54, 1.807) is 24.5 Å². The first kappa shape index (κ1) is 19.1. The molecule has 0 fully saturated rings. The van der Waals surface area contributed by atoms with Crippen molar-refractivity contribution in [3.63, 3.8) is 0 Å². The summed E-state index contributed by atoms with van der Waals surface area (Å²) < 4.78 is 30.9. The molecule has 25 heavy (non-hydrogen) atoms. The average molecular weight is 364 g/mol. The van der Waals surface area contributed by atoms with Crippen LogP contribution in [-0.4, -0.2) is 27.1 Å². The maximum atomic E-state index is 12.2. The Kier molecular flexibility index (Phi) is 6.25. The Bertz CT molecular complexity index is 814. The molecule has 0 atom stereocenters. The number of amides is 1. The highest BCUT2D eigenvalue weighted by Crippen LogP contribution is 2.25. The molecule has 1 amide bonds. The molecular weight excluding hydrogens is 340 g/mol. The standard InChI is InChI=1S/C18H24N2O4S/c1-14-7-4-9-17(15(14)2)20(25(3,22)23)11-5-10-18(21)19-13-16-8-6-12-24-16/h4,6-9,12H,5,10-11,13H2,1-3H3,(H,19,21). The van der Waals surface area contributed by atoms with Gasteiger partial charge in [0.25, 0.3) is 0 Å². The molecule has 2 rings (SSSR count). The van der Waals surface area contributed by atoms with E-state index in [9.17, 15) is 13.2 Å². The van der Waals surface area contributed by atoms with Crippen molar-refractivity contribution >= 4 is 21.6 Å². The SMILES string of the molecule is Cc1cccc(N(CCCC(=O)NCc2ccco2)S(C)(=O)=O)c1C. The summed E-state index contributed by atoms with van der Waals surface area (Å²) in [5.41, 5.74) is 2.62. The minimum Gasteiger partial charge on any atom is -0.467 e. The second kappa shape index (κ2) is 8.20. The highest BCUT2D eigenvalue weighted by molar-refractivity contribution is 7.92. The van der Waals surface area contributed by atoms with Crippen molar-refractivity contribution in [2.75, 3.05) is 17.1 Å². The van der Waals surface area contributed by atoms with Crippen molar-refractivity contribution in [3.05, 3.63) is 53.5 Å². The van der Waals surface area contributed by atoms with Crippen LogP contribution in [0, 0.1) is 13.8 Å². The van der Waals surface area contributed by atoms with Gasteiger partial charge in [0.15, 0.2) is 0 Å². The van der Waals surface area contributed by atoms with Gasteiger partial charge in [-0.15, -0.1) is 0 Å². The highest BCUT2D eigenvalue weighted by Gasteiger charge is 2.19. The van der Waals surface area contributed by atoms with Gasteiger partial charge in [-0.05, 0) is 49.6 Å². The van der Waals surface area contributed by atoms with E-state index in [1.165, 1.54) is 10.6 Å². The molecule has 1 heterocycles. The summed E-state index contributed by atoms with van der Waals surface area (Å²) in [6.45, 7) is 4.44. The number of anilines is 1. The number of hydrogen-bond donors (Lipinski definition) is 1. The van der Waals surface area contributed by atoms with Crippen molar-refractivity contribution in [1.29, 1.82) is 0 Å². The van der Waals surface area contributed by atoms with Crippen molar-refractivity contribution < 1.29 is 17.6 Å². The zero-order valence-corrected chi connectivity index (χ0v) is 15.6. The lowest BCUT2D eigenvalue weighted by Gasteiger charge is -2.24. The van der Waals surface area contributed by atoms with E-state index in [0.29, 0.717) is 24.4 Å². The Labute approximate surface area is 148 Å². The van der Waals surface area contributed by atoms with Crippen LogP contribution >= 0.6 is 0 Å². The monoisotopic (exact) mass is 364 g/mol. The largest absolute Gasteiger partial charge is 0.467 e. The molecule has 0 spiro atoms. The molecule has 0 saturated carbocycles. The number of aryl methyl sites for hydroxylation is 1. The van der Waals surface area contributed by atoms with Gasteiger partial charge in [-0.25, -0.2) is 8.42 Å². The van der Waals surface area contributed by atoms with Crippen LogP contribution in [0.15, 0.2) is 41.0 Å². The lowest BCUT2D eigenvalue weighted by Crippen LogP contribution is -2.32. The van der Waals surface area contributed by atoms with Crippen LogP contribution < -0.4 is 9.62 Å². The summed E-state index contributed by atoms with van der Waals surface area (Å²) in [6.07, 6.45) is 3.42. The number of benzene rings is 1. The third kappa shape index (κ3) is 5.35. The fraction of sp³-hybridized carbons (Fsp3) is 0.389. The van der Waals surface area contributed by atoms with Gasteiger partial charge in [0, 0.05) is 13.0 Å². The second-order valence-electron chi connectivity index (χ2n) is 6.01. The van der Waals surface area contributed by atoms with E-state index in [4.69, 9.17) is 4.42 Å². The molecule has 1 aromatic carbocycles. The van der Waals surface area contributed by atoms with Gasteiger partial charge < -0.3 is 9.73 Å². The summed E-state index contributed by atoms with van der Waals surface area (Å²) in [5, 5.41) is 2.76. The van der Waals surface area contributed by atoms with E-state index in [-0.39, 0.29) is 18.9 Å². The van der Waals surface area contributed by atoms with Gasteiger partial charge in [-0.2, -0.15) is 0 Å². The molecule has 2 aromatic rings. The average Bonchev–Trinajstić information content (AvgIpc) is 3.05. The second-order valence-corrected chi connectivity index (χ2v) is 7.92. The molecule has 6 nitrogen and oxygen atoms in total. The Hall–Kier alpha value is -2.28. The number of carbonyl (C=O) groups is 1. The van der Waals surface area contributed by atoms with Crippen LogP contribution in [0.5, 0.6) is 0 Å². The molecule has 0 unspecified atom stereocenters. The zero-order valence-electron chi connectivity index (χ0n) is 14.8. The summed E-state index contributed by atoms with van der Waals surface area (Å²) in [6, 6.07) is 9.12. The number of nitrogens with one attached hydrogen (secondary N) is 1. The number of carbonyl (C=O) groups excluding carboxylic acids is 1. The Morgan fingerprint density at radius 3 is 2.60 bits per heavy atom. The van der Waals surface area contributed by atoms with Gasteiger partial charge in [-0.1, -0.05) is 12.1 Å². The van der Waals surface area contributed by atoms with Crippen molar-refractivity contribution in [3.8, 4) is 0 Å². The molecule has 136 valence electrons. The summed E-state index contributed by atoms with van der Waals surface area (Å²) in [5.74, 6) is 0.548. The molecule has 1 N–H and O–H groups in total. The van der Waals surface area contributed by atoms with Crippen LogP contribution in [-0.2, 0) is 21.4 Å². The van der Waals surface area contributed by atoms with Crippen molar-refractivity contribution in [1.82, 2.24) is 5.32 Å². The fourth-order valence-electron chi connectivity index (χ4n) is 2.54. The van der Waals surface area contributed by atoms with Crippen molar-refractivity contribution in [2.45, 2.75) is 33.2 Å². The first-order valence-electron chi connectivity index (χ1n) is 8.12. The minimum absolute atomic E-state index is 0.134. The molecule has 0 saturated heterocycles. The highest BCUT2D eigenvalue weighted by atomic mass is 32.2. The molecular formula is C18H24N2O4S. The first-order valence-corrected chi connectivity index (χ1v) is 9.97. The van der Waals surface area contributed by atoms with E-state index in [2.05, 4.69) is 5.32 Å². The molecule has 0 aliphatic rings. The summed E-state index contributed by atoms with van der Waals surface area (Å²) in [4.78, 5) is 11.9. The van der Waals surface area contributed by atoms with E-state index < -0.39 is 10.0 Å². The molecule has 1 aromatic heterocycles. The van der Waals surface area contributed by atoms with Crippen LogP contribution in [0.25, 0.3) is 0 Å². The summed E-state index contributed by atoms with van der Waals surface area (Å²) in [7, 11) is -3.42. The predicted molar refractivity (Wildman–Crippen MR) is 97.9 cm³/mol. The van der Waals surface area contributed by atoms with Crippen LogP contribution in [0.2, 0.25) is 0 Å². The Morgan fingerprint density at radius 2 is 1.96 bits per heavy atom. The van der Waals surface area contributed by atoms with Gasteiger partial charge in [0.2, 0.25) is 15.9 Å².